The number of fused-ring (bicyclic) bond motifs is 1. The van der Waals surface area contributed by atoms with Crippen molar-refractivity contribution in [3.05, 3.63) is 82.7 Å². The minimum atomic E-state index is -0.277. The van der Waals surface area contributed by atoms with Gasteiger partial charge in [-0.15, -0.1) is 0 Å². The zero-order valence-corrected chi connectivity index (χ0v) is 21.8. The number of hydrogen-bond acceptors (Lipinski definition) is 4. The van der Waals surface area contributed by atoms with Crippen molar-refractivity contribution in [3.8, 4) is 22.6 Å². The van der Waals surface area contributed by atoms with E-state index in [4.69, 9.17) is 14.2 Å². The van der Waals surface area contributed by atoms with Crippen LogP contribution in [0.1, 0.15) is 68.2 Å². The number of benzene rings is 3. The molecule has 0 N–H and O–H groups in total. The second-order valence-electron chi connectivity index (χ2n) is 10.5. The van der Waals surface area contributed by atoms with Gasteiger partial charge in [-0.1, -0.05) is 45.0 Å². The molecule has 4 nitrogen and oxygen atoms in total. The lowest BCUT2D eigenvalue weighted by Gasteiger charge is -2.26. The van der Waals surface area contributed by atoms with Gasteiger partial charge in [0.1, 0.15) is 23.9 Å². The van der Waals surface area contributed by atoms with Crippen LogP contribution in [0.5, 0.6) is 11.5 Å². The van der Waals surface area contributed by atoms with Crippen LogP contribution >= 0.6 is 0 Å². The van der Waals surface area contributed by atoms with Crippen molar-refractivity contribution in [1.29, 1.82) is 0 Å². The van der Waals surface area contributed by atoms with Gasteiger partial charge >= 0.3 is 5.97 Å². The zero-order valence-electron chi connectivity index (χ0n) is 21.8. The monoisotopic (exact) mass is 490 g/mol. The van der Waals surface area contributed by atoms with E-state index in [1.54, 1.807) is 19.2 Å². The zero-order chi connectivity index (χ0) is 25.9. The van der Waals surface area contributed by atoms with Crippen LogP contribution in [0.3, 0.4) is 0 Å². The summed E-state index contributed by atoms with van der Waals surface area (Å²) in [5, 5.41) is 0. The van der Waals surface area contributed by atoms with Crippen LogP contribution in [0.4, 0.5) is 4.39 Å². The number of ether oxygens (including phenoxy) is 3. The number of aryl methyl sites for hydroxylation is 1. The van der Waals surface area contributed by atoms with E-state index < -0.39 is 0 Å². The number of rotatable bonds is 7. The van der Waals surface area contributed by atoms with Gasteiger partial charge in [0.15, 0.2) is 0 Å². The number of esters is 1. The van der Waals surface area contributed by atoms with E-state index in [0.29, 0.717) is 24.3 Å². The second kappa shape index (κ2) is 10.7. The highest BCUT2D eigenvalue weighted by molar-refractivity contribution is 5.71. The molecule has 0 fully saturated rings. The van der Waals surface area contributed by atoms with E-state index in [2.05, 4.69) is 39.0 Å². The van der Waals surface area contributed by atoms with Crippen molar-refractivity contribution < 1.29 is 23.4 Å². The Morgan fingerprint density at radius 1 is 0.972 bits per heavy atom. The molecule has 0 amide bonds. The SMILES string of the molecule is COC(=O)CC1CCCc2ccc(OCc3ccc(-c4cc(OC)ccc4F)c(C(C)(C)C)c3)cc21. The third-order valence-corrected chi connectivity index (χ3v) is 6.96. The Morgan fingerprint density at radius 2 is 1.75 bits per heavy atom. The number of carbonyl (C=O) groups is 1. The third-order valence-electron chi connectivity index (χ3n) is 6.96. The summed E-state index contributed by atoms with van der Waals surface area (Å²) < 4.78 is 31.2. The first-order valence-corrected chi connectivity index (χ1v) is 12.5. The second-order valence-corrected chi connectivity index (χ2v) is 10.5. The minimum absolute atomic E-state index is 0.161. The van der Waals surface area contributed by atoms with Gasteiger partial charge in [-0.2, -0.15) is 0 Å². The maximum atomic E-state index is 14.8. The summed E-state index contributed by atoms with van der Waals surface area (Å²) in [5.74, 6) is 1.11. The molecule has 1 unspecified atom stereocenters. The third kappa shape index (κ3) is 5.72. The predicted octanol–water partition coefficient (Wildman–Crippen LogP) is 7.36. The fourth-order valence-corrected chi connectivity index (χ4v) is 5.00. The summed E-state index contributed by atoms with van der Waals surface area (Å²) in [4.78, 5) is 11.9. The summed E-state index contributed by atoms with van der Waals surface area (Å²) in [6, 6.07) is 17.1. The van der Waals surface area contributed by atoms with Crippen LogP contribution in [0.15, 0.2) is 54.6 Å². The lowest BCUT2D eigenvalue weighted by molar-refractivity contribution is -0.141. The van der Waals surface area contributed by atoms with Gasteiger partial charge in [0, 0.05) is 5.56 Å². The van der Waals surface area contributed by atoms with Gasteiger partial charge in [-0.05, 0) is 88.7 Å². The van der Waals surface area contributed by atoms with Crippen LogP contribution in [-0.4, -0.2) is 20.2 Å². The molecule has 0 aromatic heterocycles. The van der Waals surface area contributed by atoms with E-state index in [9.17, 15) is 9.18 Å². The normalized spacial score (nSPS) is 15.2. The quantitative estimate of drug-likeness (QED) is 0.325. The largest absolute Gasteiger partial charge is 0.497 e. The molecule has 0 bridgehead atoms. The molecule has 3 aromatic carbocycles. The van der Waals surface area contributed by atoms with E-state index in [1.165, 1.54) is 24.3 Å². The summed E-state index contributed by atoms with van der Waals surface area (Å²) in [5.41, 5.74) is 5.69. The van der Waals surface area contributed by atoms with Gasteiger partial charge in [0.25, 0.3) is 0 Å². The van der Waals surface area contributed by atoms with Gasteiger partial charge in [-0.3, -0.25) is 4.79 Å². The first-order valence-electron chi connectivity index (χ1n) is 12.5. The van der Waals surface area contributed by atoms with E-state index >= 15 is 0 Å². The highest BCUT2D eigenvalue weighted by atomic mass is 19.1. The first kappa shape index (κ1) is 25.7. The van der Waals surface area contributed by atoms with Crippen LogP contribution in [-0.2, 0) is 28.0 Å². The van der Waals surface area contributed by atoms with Gasteiger partial charge in [0.2, 0.25) is 0 Å². The average molecular weight is 491 g/mol. The fraction of sp³-hybridized carbons (Fsp3) is 0.387. The fourth-order valence-electron chi connectivity index (χ4n) is 5.00. The van der Waals surface area contributed by atoms with Gasteiger partial charge in [0.05, 0.1) is 20.6 Å². The molecule has 4 rings (SSSR count). The molecule has 5 heteroatoms. The summed E-state index contributed by atoms with van der Waals surface area (Å²) in [6.45, 7) is 6.77. The van der Waals surface area contributed by atoms with Gasteiger partial charge in [-0.25, -0.2) is 4.39 Å². The van der Waals surface area contributed by atoms with Gasteiger partial charge < -0.3 is 14.2 Å². The smallest absolute Gasteiger partial charge is 0.306 e. The number of halogens is 1. The standard InChI is InChI=1S/C31H35FO4/c1-31(2,3)28-15-20(9-13-25(28)27-17-23(34-4)12-14-29(27)32)19-36-24-11-10-21-7-6-8-22(26(21)18-24)16-30(33)35-5/h9-15,17-18,22H,6-8,16,19H2,1-5H3. The molecular weight excluding hydrogens is 455 g/mol. The van der Waals surface area contributed by atoms with Crippen LogP contribution < -0.4 is 9.47 Å². The molecule has 3 aromatic rings. The van der Waals surface area contributed by atoms with Crippen molar-refractivity contribution in [2.24, 2.45) is 0 Å². The Kier molecular flexibility index (Phi) is 7.67. The predicted molar refractivity (Wildman–Crippen MR) is 140 cm³/mol. The number of hydrogen-bond donors (Lipinski definition) is 0. The molecule has 0 radical (unpaired) electrons. The molecule has 1 atom stereocenters. The molecule has 0 saturated carbocycles. The van der Waals surface area contributed by atoms with Crippen LogP contribution in [0.2, 0.25) is 0 Å². The lowest BCUT2D eigenvalue weighted by atomic mass is 9.80. The molecule has 0 saturated heterocycles. The summed E-state index contributed by atoms with van der Waals surface area (Å²) in [6.07, 6.45) is 3.46. The molecule has 36 heavy (non-hydrogen) atoms. The summed E-state index contributed by atoms with van der Waals surface area (Å²) >= 11 is 0. The maximum absolute atomic E-state index is 14.8. The number of methoxy groups -OCH3 is 2. The van der Waals surface area contributed by atoms with Crippen LogP contribution in [0.25, 0.3) is 11.1 Å². The highest BCUT2D eigenvalue weighted by Crippen LogP contribution is 2.38. The Bertz CT molecular complexity index is 1240. The Hall–Kier alpha value is -3.34. The average Bonchev–Trinajstić information content (AvgIpc) is 2.87. The van der Waals surface area contributed by atoms with E-state index in [1.807, 2.05) is 18.2 Å². The first-order chi connectivity index (χ1) is 17.2. The van der Waals surface area contributed by atoms with Crippen molar-refractivity contribution >= 4 is 5.97 Å². The Labute approximate surface area is 213 Å². The summed E-state index contributed by atoms with van der Waals surface area (Å²) in [7, 11) is 3.02. The van der Waals surface area contributed by atoms with E-state index in [0.717, 1.165) is 41.7 Å². The lowest BCUT2D eigenvalue weighted by Crippen LogP contribution is -2.15. The van der Waals surface area contributed by atoms with Crippen LogP contribution in [0, 0.1) is 5.82 Å². The number of carbonyl (C=O) groups excluding carboxylic acids is 1. The molecule has 1 aliphatic carbocycles. The topological polar surface area (TPSA) is 44.8 Å². The molecule has 0 spiro atoms. The Morgan fingerprint density at radius 3 is 2.47 bits per heavy atom. The highest BCUT2D eigenvalue weighted by Gasteiger charge is 2.24. The van der Waals surface area contributed by atoms with E-state index in [-0.39, 0.29) is 23.1 Å². The van der Waals surface area contributed by atoms with Crippen molar-refractivity contribution in [1.82, 2.24) is 0 Å². The van der Waals surface area contributed by atoms with Crippen molar-refractivity contribution in [2.75, 3.05) is 14.2 Å². The molecule has 190 valence electrons. The van der Waals surface area contributed by atoms with Crippen molar-refractivity contribution in [3.63, 3.8) is 0 Å². The molecular formula is C31H35FO4. The molecule has 1 aliphatic rings. The van der Waals surface area contributed by atoms with Crippen molar-refractivity contribution in [2.45, 2.75) is 64.4 Å². The maximum Gasteiger partial charge on any atom is 0.306 e. The Balaban J connectivity index is 1.59. The minimum Gasteiger partial charge on any atom is -0.497 e. The molecule has 0 heterocycles. The molecule has 0 aliphatic heterocycles.